The molecule has 6 heteroatoms. The lowest BCUT2D eigenvalue weighted by Gasteiger charge is -2.25. The zero-order valence-corrected chi connectivity index (χ0v) is 12.4. The van der Waals surface area contributed by atoms with Crippen LogP contribution in [0.4, 0.5) is 0 Å². The van der Waals surface area contributed by atoms with Crippen molar-refractivity contribution in [2.24, 2.45) is 0 Å². The maximum absolute atomic E-state index is 11.7. The number of aliphatic hydroxyl groups is 1. The standard InChI is InChI=1S/C13H17Cl2NO3/c1-13(2,5-6-17)16-12(18)8-19-9-3-4-10(14)11(15)7-9/h3-4,7,17H,5-6,8H2,1-2H3,(H,16,18). The van der Waals surface area contributed by atoms with Gasteiger partial charge in [-0.15, -0.1) is 0 Å². The molecule has 0 aromatic heterocycles. The lowest BCUT2D eigenvalue weighted by molar-refractivity contribution is -0.124. The van der Waals surface area contributed by atoms with Crippen LogP contribution >= 0.6 is 23.2 Å². The Labute approximate surface area is 122 Å². The average Bonchev–Trinajstić information content (AvgIpc) is 2.30. The van der Waals surface area contributed by atoms with Gasteiger partial charge in [-0.05, 0) is 32.4 Å². The van der Waals surface area contributed by atoms with Gasteiger partial charge in [0.25, 0.3) is 5.91 Å². The Bertz CT molecular complexity index is 450. The van der Waals surface area contributed by atoms with Gasteiger partial charge >= 0.3 is 0 Å². The van der Waals surface area contributed by atoms with E-state index in [1.807, 2.05) is 13.8 Å². The summed E-state index contributed by atoms with van der Waals surface area (Å²) in [6.45, 7) is 3.56. The summed E-state index contributed by atoms with van der Waals surface area (Å²) in [6, 6.07) is 4.79. The predicted octanol–water partition coefficient (Wildman–Crippen LogP) is 2.65. The van der Waals surface area contributed by atoms with Crippen molar-refractivity contribution in [2.75, 3.05) is 13.2 Å². The van der Waals surface area contributed by atoms with Gasteiger partial charge in [-0.25, -0.2) is 0 Å². The van der Waals surface area contributed by atoms with Crippen LogP contribution in [0.1, 0.15) is 20.3 Å². The number of hydrogen-bond donors (Lipinski definition) is 2. The van der Waals surface area contributed by atoms with E-state index in [4.69, 9.17) is 33.0 Å². The lowest BCUT2D eigenvalue weighted by atomic mass is 10.0. The summed E-state index contributed by atoms with van der Waals surface area (Å²) >= 11 is 11.6. The fourth-order valence-corrected chi connectivity index (χ4v) is 1.76. The van der Waals surface area contributed by atoms with Gasteiger partial charge < -0.3 is 15.2 Å². The van der Waals surface area contributed by atoms with Crippen LogP contribution in [0.3, 0.4) is 0 Å². The van der Waals surface area contributed by atoms with Gasteiger partial charge in [-0.3, -0.25) is 4.79 Å². The molecule has 0 aliphatic heterocycles. The first-order chi connectivity index (χ1) is 8.84. The first-order valence-corrected chi connectivity index (χ1v) is 6.59. The minimum Gasteiger partial charge on any atom is -0.484 e. The van der Waals surface area contributed by atoms with E-state index in [1.165, 1.54) is 0 Å². The number of benzene rings is 1. The molecule has 0 atom stereocenters. The monoisotopic (exact) mass is 305 g/mol. The molecule has 0 saturated carbocycles. The summed E-state index contributed by atoms with van der Waals surface area (Å²) in [5.74, 6) is 0.217. The molecule has 1 rings (SSSR count). The predicted molar refractivity (Wildman–Crippen MR) is 75.9 cm³/mol. The maximum Gasteiger partial charge on any atom is 0.258 e. The molecule has 2 N–H and O–H groups in total. The summed E-state index contributed by atoms with van der Waals surface area (Å²) < 4.78 is 5.31. The highest BCUT2D eigenvalue weighted by Gasteiger charge is 2.19. The number of amides is 1. The van der Waals surface area contributed by atoms with Gasteiger partial charge in [-0.1, -0.05) is 23.2 Å². The Morgan fingerprint density at radius 2 is 2.05 bits per heavy atom. The van der Waals surface area contributed by atoms with E-state index in [-0.39, 0.29) is 19.1 Å². The van der Waals surface area contributed by atoms with E-state index in [9.17, 15) is 4.79 Å². The highest BCUT2D eigenvalue weighted by Crippen LogP contribution is 2.26. The summed E-state index contributed by atoms with van der Waals surface area (Å²) in [4.78, 5) is 11.7. The van der Waals surface area contributed by atoms with Gasteiger partial charge in [0.1, 0.15) is 5.75 Å². The van der Waals surface area contributed by atoms with Crippen LogP contribution in [-0.4, -0.2) is 29.8 Å². The molecule has 19 heavy (non-hydrogen) atoms. The zero-order valence-electron chi connectivity index (χ0n) is 10.9. The van der Waals surface area contributed by atoms with E-state index >= 15 is 0 Å². The Hall–Kier alpha value is -0.970. The number of halogens is 2. The second-order valence-corrected chi connectivity index (χ2v) is 5.58. The number of carbonyl (C=O) groups is 1. The molecule has 0 spiro atoms. The molecule has 1 aromatic carbocycles. The fourth-order valence-electron chi connectivity index (χ4n) is 1.47. The Balaban J connectivity index is 2.48. The smallest absolute Gasteiger partial charge is 0.258 e. The van der Waals surface area contributed by atoms with Crippen LogP contribution in [0.2, 0.25) is 10.0 Å². The van der Waals surface area contributed by atoms with Crippen molar-refractivity contribution in [1.29, 1.82) is 0 Å². The largest absolute Gasteiger partial charge is 0.484 e. The van der Waals surface area contributed by atoms with Crippen molar-refractivity contribution in [3.8, 4) is 5.75 Å². The number of hydrogen-bond acceptors (Lipinski definition) is 3. The first kappa shape index (κ1) is 16.1. The lowest BCUT2D eigenvalue weighted by Crippen LogP contribution is -2.46. The number of aliphatic hydroxyl groups excluding tert-OH is 1. The molecule has 0 bridgehead atoms. The minimum atomic E-state index is -0.465. The molecule has 4 nitrogen and oxygen atoms in total. The van der Waals surface area contributed by atoms with Crippen LogP contribution in [0.5, 0.6) is 5.75 Å². The molecule has 0 unspecified atom stereocenters. The first-order valence-electron chi connectivity index (χ1n) is 5.84. The van der Waals surface area contributed by atoms with Gasteiger partial charge in [-0.2, -0.15) is 0 Å². The molecule has 106 valence electrons. The molecule has 1 amide bonds. The van der Waals surface area contributed by atoms with Crippen LogP contribution in [0.25, 0.3) is 0 Å². The molecule has 0 saturated heterocycles. The summed E-state index contributed by atoms with van der Waals surface area (Å²) in [5, 5.41) is 12.4. The van der Waals surface area contributed by atoms with E-state index in [2.05, 4.69) is 5.32 Å². The van der Waals surface area contributed by atoms with Gasteiger partial charge in [0, 0.05) is 18.2 Å². The molecule has 0 radical (unpaired) electrons. The molecular formula is C13H17Cl2NO3. The second-order valence-electron chi connectivity index (χ2n) is 4.77. The molecule has 0 aliphatic rings. The maximum atomic E-state index is 11.7. The van der Waals surface area contributed by atoms with E-state index in [0.717, 1.165) is 0 Å². The fraction of sp³-hybridized carbons (Fsp3) is 0.462. The van der Waals surface area contributed by atoms with E-state index in [0.29, 0.717) is 22.2 Å². The third-order valence-corrected chi connectivity index (χ3v) is 3.21. The number of nitrogens with one attached hydrogen (secondary N) is 1. The molecule has 0 fully saturated rings. The minimum absolute atomic E-state index is 0.0148. The van der Waals surface area contributed by atoms with Crippen molar-refractivity contribution >= 4 is 29.1 Å². The Morgan fingerprint density at radius 3 is 2.63 bits per heavy atom. The Kier molecular flexibility index (Phi) is 5.91. The van der Waals surface area contributed by atoms with Crippen LogP contribution in [0, 0.1) is 0 Å². The van der Waals surface area contributed by atoms with E-state index < -0.39 is 5.54 Å². The van der Waals surface area contributed by atoms with Crippen LogP contribution in [-0.2, 0) is 4.79 Å². The highest BCUT2D eigenvalue weighted by molar-refractivity contribution is 6.42. The van der Waals surface area contributed by atoms with Crippen molar-refractivity contribution in [1.82, 2.24) is 5.32 Å². The third-order valence-electron chi connectivity index (χ3n) is 2.48. The molecule has 0 aliphatic carbocycles. The SMILES string of the molecule is CC(C)(CCO)NC(=O)COc1ccc(Cl)c(Cl)c1. The third kappa shape index (κ3) is 5.68. The quantitative estimate of drug-likeness (QED) is 0.849. The van der Waals surface area contributed by atoms with Crippen LogP contribution in [0.15, 0.2) is 18.2 Å². The molecule has 0 heterocycles. The zero-order chi connectivity index (χ0) is 14.5. The van der Waals surface area contributed by atoms with Crippen molar-refractivity contribution < 1.29 is 14.6 Å². The van der Waals surface area contributed by atoms with Crippen LogP contribution < -0.4 is 10.1 Å². The van der Waals surface area contributed by atoms with Gasteiger partial charge in [0.05, 0.1) is 10.0 Å². The summed E-state index contributed by atoms with van der Waals surface area (Å²) in [7, 11) is 0. The molecular weight excluding hydrogens is 289 g/mol. The number of carbonyl (C=O) groups excluding carboxylic acids is 1. The number of ether oxygens (including phenoxy) is 1. The number of rotatable bonds is 6. The second kappa shape index (κ2) is 6.98. The summed E-state index contributed by atoms with van der Waals surface area (Å²) in [5.41, 5.74) is -0.465. The normalized spacial score (nSPS) is 11.2. The van der Waals surface area contributed by atoms with Crippen molar-refractivity contribution in [3.63, 3.8) is 0 Å². The van der Waals surface area contributed by atoms with Crippen molar-refractivity contribution in [3.05, 3.63) is 28.2 Å². The van der Waals surface area contributed by atoms with Crippen molar-refractivity contribution in [2.45, 2.75) is 25.8 Å². The highest BCUT2D eigenvalue weighted by atomic mass is 35.5. The Morgan fingerprint density at radius 1 is 1.37 bits per heavy atom. The average molecular weight is 306 g/mol. The van der Waals surface area contributed by atoms with E-state index in [1.54, 1.807) is 18.2 Å². The molecule has 1 aromatic rings. The van der Waals surface area contributed by atoms with Gasteiger partial charge in [0.2, 0.25) is 0 Å². The van der Waals surface area contributed by atoms with Gasteiger partial charge in [0.15, 0.2) is 6.61 Å². The topological polar surface area (TPSA) is 58.6 Å². The summed E-state index contributed by atoms with van der Waals surface area (Å²) in [6.07, 6.45) is 0.478.